The minimum atomic E-state index is -1.04. The lowest BCUT2D eigenvalue weighted by Crippen LogP contribution is -2.47. The Balaban J connectivity index is 2.50. The van der Waals surface area contributed by atoms with E-state index < -0.39 is 23.6 Å². The molecule has 3 N–H and O–H groups in total. The van der Waals surface area contributed by atoms with E-state index in [9.17, 15) is 14.7 Å². The van der Waals surface area contributed by atoms with Crippen LogP contribution in [0.4, 0.5) is 4.79 Å². The largest absolute Gasteiger partial charge is 0.480 e. The molecule has 2 amide bonds. The molecule has 1 heterocycles. The van der Waals surface area contributed by atoms with Crippen LogP contribution >= 0.6 is 0 Å². The quantitative estimate of drug-likeness (QED) is 0.637. The van der Waals surface area contributed by atoms with E-state index in [1.165, 1.54) is 4.90 Å². The molecule has 1 fully saturated rings. The Morgan fingerprint density at radius 1 is 1.56 bits per heavy atom. The van der Waals surface area contributed by atoms with E-state index in [4.69, 9.17) is 5.11 Å². The smallest absolute Gasteiger partial charge is 0.326 e. The molecule has 2 atom stereocenters. The van der Waals surface area contributed by atoms with Crippen LogP contribution in [0.2, 0.25) is 0 Å². The van der Waals surface area contributed by atoms with E-state index in [1.54, 1.807) is 13.8 Å². The molecule has 0 aromatic heterocycles. The van der Waals surface area contributed by atoms with Crippen LogP contribution in [0.15, 0.2) is 0 Å². The number of nitrogens with zero attached hydrogens (tertiary/aromatic N) is 1. The maximum atomic E-state index is 11.6. The fourth-order valence-electron chi connectivity index (χ4n) is 1.70. The van der Waals surface area contributed by atoms with Crippen molar-refractivity contribution in [2.24, 2.45) is 0 Å². The number of urea groups is 1. The van der Waals surface area contributed by atoms with Gasteiger partial charge < -0.3 is 20.4 Å². The standard InChI is InChI=1S/C10H18N2O4/c1-3-7(8(13)14)11-9(15)12-5-4-10(2,16)6-12/h7,16H,3-6H2,1-2H3,(H,11,15)(H,13,14)/t7-,10?/m1/s1. The number of aliphatic hydroxyl groups is 1. The van der Waals surface area contributed by atoms with Crippen molar-refractivity contribution in [3.05, 3.63) is 0 Å². The van der Waals surface area contributed by atoms with Gasteiger partial charge in [-0.25, -0.2) is 9.59 Å². The Hall–Kier alpha value is -1.30. The molecular weight excluding hydrogens is 212 g/mol. The van der Waals surface area contributed by atoms with Crippen molar-refractivity contribution in [3.8, 4) is 0 Å². The molecule has 0 aromatic carbocycles. The number of carbonyl (C=O) groups is 2. The first-order valence-corrected chi connectivity index (χ1v) is 5.36. The second-order valence-electron chi connectivity index (χ2n) is 4.42. The van der Waals surface area contributed by atoms with Crippen LogP contribution in [-0.4, -0.2) is 51.8 Å². The number of carbonyl (C=O) groups excluding carboxylic acids is 1. The van der Waals surface area contributed by atoms with Crippen molar-refractivity contribution in [3.63, 3.8) is 0 Å². The summed E-state index contributed by atoms with van der Waals surface area (Å²) in [4.78, 5) is 23.8. The van der Waals surface area contributed by atoms with Crippen LogP contribution in [0.1, 0.15) is 26.7 Å². The van der Waals surface area contributed by atoms with Gasteiger partial charge in [0.1, 0.15) is 6.04 Å². The molecule has 6 heteroatoms. The Labute approximate surface area is 94.2 Å². The minimum Gasteiger partial charge on any atom is -0.480 e. The van der Waals surface area contributed by atoms with E-state index in [0.717, 1.165) is 0 Å². The third-order valence-corrected chi connectivity index (χ3v) is 2.74. The van der Waals surface area contributed by atoms with E-state index >= 15 is 0 Å². The molecule has 92 valence electrons. The summed E-state index contributed by atoms with van der Waals surface area (Å²) in [6.07, 6.45) is 0.857. The second kappa shape index (κ2) is 4.69. The number of likely N-dealkylation sites (tertiary alicyclic amines) is 1. The van der Waals surface area contributed by atoms with Gasteiger partial charge in [-0.15, -0.1) is 0 Å². The summed E-state index contributed by atoms with van der Waals surface area (Å²) in [7, 11) is 0. The molecule has 0 spiro atoms. The number of carboxylic acid groups (broad SMARTS) is 1. The Bertz CT molecular complexity index is 291. The van der Waals surface area contributed by atoms with Crippen LogP contribution < -0.4 is 5.32 Å². The molecule has 6 nitrogen and oxygen atoms in total. The highest BCUT2D eigenvalue weighted by Gasteiger charge is 2.34. The van der Waals surface area contributed by atoms with Gasteiger partial charge in [-0.2, -0.15) is 0 Å². The summed E-state index contributed by atoms with van der Waals surface area (Å²) in [5.41, 5.74) is -0.859. The third-order valence-electron chi connectivity index (χ3n) is 2.74. The highest BCUT2D eigenvalue weighted by atomic mass is 16.4. The maximum Gasteiger partial charge on any atom is 0.326 e. The number of nitrogens with one attached hydrogen (secondary N) is 1. The van der Waals surface area contributed by atoms with Gasteiger partial charge in [0.15, 0.2) is 0 Å². The van der Waals surface area contributed by atoms with Gasteiger partial charge in [0.25, 0.3) is 0 Å². The predicted molar refractivity (Wildman–Crippen MR) is 57.1 cm³/mol. The SMILES string of the molecule is CC[C@@H](NC(=O)N1CCC(C)(O)C1)C(=O)O. The zero-order valence-electron chi connectivity index (χ0n) is 9.56. The Kier molecular flexibility index (Phi) is 3.74. The van der Waals surface area contributed by atoms with Crippen LogP contribution in [0.5, 0.6) is 0 Å². The van der Waals surface area contributed by atoms with Crippen molar-refractivity contribution < 1.29 is 19.8 Å². The fourth-order valence-corrected chi connectivity index (χ4v) is 1.70. The molecule has 16 heavy (non-hydrogen) atoms. The maximum absolute atomic E-state index is 11.6. The average Bonchev–Trinajstić information content (AvgIpc) is 2.54. The highest BCUT2D eigenvalue weighted by molar-refractivity contribution is 5.82. The lowest BCUT2D eigenvalue weighted by molar-refractivity contribution is -0.139. The van der Waals surface area contributed by atoms with E-state index in [-0.39, 0.29) is 6.54 Å². The van der Waals surface area contributed by atoms with Crippen molar-refractivity contribution in [2.75, 3.05) is 13.1 Å². The van der Waals surface area contributed by atoms with E-state index in [2.05, 4.69) is 5.32 Å². The monoisotopic (exact) mass is 230 g/mol. The molecular formula is C10H18N2O4. The number of amides is 2. The van der Waals surface area contributed by atoms with Gasteiger partial charge in [0.2, 0.25) is 0 Å². The van der Waals surface area contributed by atoms with Crippen LogP contribution in [-0.2, 0) is 4.79 Å². The molecule has 1 saturated heterocycles. The summed E-state index contributed by atoms with van der Waals surface area (Å²) in [5.74, 6) is -1.04. The highest BCUT2D eigenvalue weighted by Crippen LogP contribution is 2.20. The zero-order chi connectivity index (χ0) is 12.3. The first-order valence-electron chi connectivity index (χ1n) is 5.36. The van der Waals surface area contributed by atoms with Crippen LogP contribution in [0, 0.1) is 0 Å². The molecule has 0 saturated carbocycles. The Morgan fingerprint density at radius 3 is 2.56 bits per heavy atom. The van der Waals surface area contributed by atoms with E-state index in [0.29, 0.717) is 19.4 Å². The molecule has 0 radical (unpaired) electrons. The van der Waals surface area contributed by atoms with Crippen LogP contribution in [0.25, 0.3) is 0 Å². The van der Waals surface area contributed by atoms with Gasteiger partial charge in [-0.05, 0) is 19.8 Å². The number of β-amino-alcohol motifs (C(OH)–C–C–N with tert-alkyl or cyclic N) is 1. The van der Waals surface area contributed by atoms with Crippen molar-refractivity contribution in [2.45, 2.75) is 38.3 Å². The molecule has 1 aliphatic heterocycles. The molecule has 0 bridgehead atoms. The number of carboxylic acids is 1. The van der Waals surface area contributed by atoms with Crippen molar-refractivity contribution in [1.29, 1.82) is 0 Å². The van der Waals surface area contributed by atoms with Gasteiger partial charge in [0.05, 0.1) is 12.1 Å². The van der Waals surface area contributed by atoms with Crippen molar-refractivity contribution >= 4 is 12.0 Å². The molecule has 1 aliphatic rings. The summed E-state index contributed by atoms with van der Waals surface area (Å²) >= 11 is 0. The summed E-state index contributed by atoms with van der Waals surface area (Å²) < 4.78 is 0. The number of aliphatic carboxylic acids is 1. The molecule has 1 unspecified atom stereocenters. The number of hydrogen-bond donors (Lipinski definition) is 3. The summed E-state index contributed by atoms with van der Waals surface area (Å²) in [5, 5.41) is 20.9. The first kappa shape index (κ1) is 12.8. The number of hydrogen-bond acceptors (Lipinski definition) is 3. The predicted octanol–water partition coefficient (Wildman–Crippen LogP) is 0.0159. The van der Waals surface area contributed by atoms with Crippen LogP contribution in [0.3, 0.4) is 0 Å². The van der Waals surface area contributed by atoms with E-state index in [1.807, 2.05) is 0 Å². The lowest BCUT2D eigenvalue weighted by Gasteiger charge is -2.21. The number of rotatable bonds is 3. The summed E-state index contributed by atoms with van der Waals surface area (Å²) in [6, 6.07) is -1.29. The first-order chi connectivity index (χ1) is 7.35. The topological polar surface area (TPSA) is 89.9 Å². The van der Waals surface area contributed by atoms with Gasteiger partial charge in [-0.1, -0.05) is 6.92 Å². The Morgan fingerprint density at radius 2 is 2.19 bits per heavy atom. The molecule has 0 aromatic rings. The van der Waals surface area contributed by atoms with Crippen molar-refractivity contribution in [1.82, 2.24) is 10.2 Å². The second-order valence-corrected chi connectivity index (χ2v) is 4.42. The lowest BCUT2D eigenvalue weighted by atomic mass is 10.1. The molecule has 0 aliphatic carbocycles. The summed E-state index contributed by atoms with van der Waals surface area (Å²) in [6.45, 7) is 4.05. The normalized spacial score (nSPS) is 26.6. The van der Waals surface area contributed by atoms with Gasteiger partial charge in [-0.3, -0.25) is 0 Å². The molecule has 1 rings (SSSR count). The zero-order valence-corrected chi connectivity index (χ0v) is 9.56. The third kappa shape index (κ3) is 3.10. The fraction of sp³-hybridized carbons (Fsp3) is 0.800. The minimum absolute atomic E-state index is 0.245. The van der Waals surface area contributed by atoms with Gasteiger partial charge in [0, 0.05) is 6.54 Å². The van der Waals surface area contributed by atoms with Gasteiger partial charge >= 0.3 is 12.0 Å². The average molecular weight is 230 g/mol.